The number of carbonyl (C=O) groups excluding carboxylic acids is 1. The zero-order valence-corrected chi connectivity index (χ0v) is 15.1. The number of hydrogen-bond donors (Lipinski definition) is 1. The van der Waals surface area contributed by atoms with Crippen molar-refractivity contribution in [3.05, 3.63) is 42.0 Å². The summed E-state index contributed by atoms with van der Waals surface area (Å²) in [5.74, 6) is 1.33. The maximum absolute atomic E-state index is 12.5. The third kappa shape index (κ3) is 3.97. The molecule has 1 N–H and O–H groups in total. The molecule has 4 rings (SSSR count). The van der Waals surface area contributed by atoms with E-state index >= 15 is 0 Å². The molecule has 27 heavy (non-hydrogen) atoms. The Hall–Kier alpha value is -3.23. The van der Waals surface area contributed by atoms with E-state index in [1.54, 1.807) is 0 Å². The highest BCUT2D eigenvalue weighted by Crippen LogP contribution is 2.18. The van der Waals surface area contributed by atoms with Gasteiger partial charge in [-0.1, -0.05) is 17.3 Å². The van der Waals surface area contributed by atoms with Crippen molar-refractivity contribution in [2.24, 2.45) is 0 Å². The Bertz CT molecular complexity index is 898. The van der Waals surface area contributed by atoms with Gasteiger partial charge < -0.3 is 14.3 Å². The van der Waals surface area contributed by atoms with Crippen LogP contribution in [0.2, 0.25) is 0 Å². The summed E-state index contributed by atoms with van der Waals surface area (Å²) in [7, 11) is 0. The first-order valence-corrected chi connectivity index (χ1v) is 8.97. The smallest absolute Gasteiger partial charge is 0.239 e. The maximum Gasteiger partial charge on any atom is 0.239 e. The predicted octanol–water partition coefficient (Wildman–Crippen LogP) is 1.44. The van der Waals surface area contributed by atoms with Gasteiger partial charge in [-0.2, -0.15) is 10.1 Å². The summed E-state index contributed by atoms with van der Waals surface area (Å²) in [4.78, 5) is 24.9. The zero-order valence-electron chi connectivity index (χ0n) is 15.1. The van der Waals surface area contributed by atoms with Crippen molar-refractivity contribution in [2.75, 3.05) is 31.1 Å². The van der Waals surface area contributed by atoms with E-state index in [0.29, 0.717) is 30.4 Å². The molecule has 1 saturated heterocycles. The van der Waals surface area contributed by atoms with E-state index in [0.717, 1.165) is 26.2 Å². The van der Waals surface area contributed by atoms with Crippen LogP contribution in [0.15, 0.2) is 35.1 Å². The summed E-state index contributed by atoms with van der Waals surface area (Å²) in [5, 5.41) is 10.3. The van der Waals surface area contributed by atoms with Crippen molar-refractivity contribution in [3.8, 4) is 11.6 Å². The van der Waals surface area contributed by atoms with Crippen molar-refractivity contribution in [2.45, 2.75) is 19.8 Å². The molecule has 9 nitrogen and oxygen atoms in total. The Morgan fingerprint density at radius 2 is 2.11 bits per heavy atom. The third-order valence-electron chi connectivity index (χ3n) is 4.65. The standard InChI is InChI=1S/C18H21N7O2/c1-13-3-2-4-14(11-13)24-7-9-25(10-8-24)16(26)6-5-15-21-18(23-27-15)17-19-12-20-22-17/h2-4,11-12H,5-10H2,1H3,(H,19,20,22). The molecule has 0 unspecified atom stereocenters. The number of H-pyrrole nitrogens is 1. The number of rotatable bonds is 5. The molecule has 2 aromatic heterocycles. The highest BCUT2D eigenvalue weighted by Gasteiger charge is 2.22. The van der Waals surface area contributed by atoms with Crippen LogP contribution >= 0.6 is 0 Å². The van der Waals surface area contributed by atoms with Gasteiger partial charge in [-0.05, 0) is 24.6 Å². The van der Waals surface area contributed by atoms with Gasteiger partial charge in [0.1, 0.15) is 6.33 Å². The molecule has 1 aromatic carbocycles. The lowest BCUT2D eigenvalue weighted by atomic mass is 10.2. The van der Waals surface area contributed by atoms with Gasteiger partial charge in [-0.25, -0.2) is 4.98 Å². The zero-order chi connectivity index (χ0) is 18.6. The molecule has 1 amide bonds. The summed E-state index contributed by atoms with van der Waals surface area (Å²) in [6, 6.07) is 8.46. The second-order valence-electron chi connectivity index (χ2n) is 6.55. The second-order valence-corrected chi connectivity index (χ2v) is 6.55. The second kappa shape index (κ2) is 7.56. The van der Waals surface area contributed by atoms with Crippen LogP contribution in [0.1, 0.15) is 17.9 Å². The minimum Gasteiger partial charge on any atom is -0.368 e. The molecule has 0 saturated carbocycles. The molecule has 9 heteroatoms. The molecule has 1 aliphatic rings. The topological polar surface area (TPSA) is 104 Å². The molecule has 3 aromatic rings. The van der Waals surface area contributed by atoms with Gasteiger partial charge in [0.05, 0.1) is 0 Å². The predicted molar refractivity (Wildman–Crippen MR) is 98.0 cm³/mol. The normalized spacial score (nSPS) is 14.6. The molecule has 0 aliphatic carbocycles. The van der Waals surface area contributed by atoms with Gasteiger partial charge in [0.2, 0.25) is 17.6 Å². The number of aromatic amines is 1. The van der Waals surface area contributed by atoms with Crippen molar-refractivity contribution in [1.82, 2.24) is 30.2 Å². The van der Waals surface area contributed by atoms with Crippen LogP contribution in [-0.2, 0) is 11.2 Å². The van der Waals surface area contributed by atoms with Crippen molar-refractivity contribution < 1.29 is 9.32 Å². The van der Waals surface area contributed by atoms with E-state index in [-0.39, 0.29) is 5.91 Å². The number of anilines is 1. The Morgan fingerprint density at radius 1 is 1.26 bits per heavy atom. The van der Waals surface area contributed by atoms with Crippen LogP contribution in [0.5, 0.6) is 0 Å². The Morgan fingerprint density at radius 3 is 2.85 bits per heavy atom. The SMILES string of the molecule is Cc1cccc(N2CCN(C(=O)CCc3nc(-c4ncn[nH]4)no3)CC2)c1. The van der Waals surface area contributed by atoms with Gasteiger partial charge in [0.15, 0.2) is 5.82 Å². The van der Waals surface area contributed by atoms with Gasteiger partial charge >= 0.3 is 0 Å². The van der Waals surface area contributed by atoms with E-state index in [1.165, 1.54) is 17.6 Å². The number of carbonyl (C=O) groups is 1. The third-order valence-corrected chi connectivity index (χ3v) is 4.65. The molecule has 0 radical (unpaired) electrons. The van der Waals surface area contributed by atoms with Crippen molar-refractivity contribution in [3.63, 3.8) is 0 Å². The quantitative estimate of drug-likeness (QED) is 0.728. The lowest BCUT2D eigenvalue weighted by Gasteiger charge is -2.36. The lowest BCUT2D eigenvalue weighted by molar-refractivity contribution is -0.131. The van der Waals surface area contributed by atoms with Crippen molar-refractivity contribution in [1.29, 1.82) is 0 Å². The molecule has 140 valence electrons. The Kier molecular flexibility index (Phi) is 4.82. The van der Waals surface area contributed by atoms with Crippen LogP contribution in [0.4, 0.5) is 5.69 Å². The monoisotopic (exact) mass is 367 g/mol. The van der Waals surface area contributed by atoms with E-state index in [4.69, 9.17) is 4.52 Å². The van der Waals surface area contributed by atoms with Crippen LogP contribution in [0.3, 0.4) is 0 Å². The number of nitrogens with one attached hydrogen (secondary N) is 1. The first-order valence-electron chi connectivity index (χ1n) is 8.97. The number of aromatic nitrogens is 5. The first kappa shape index (κ1) is 17.2. The van der Waals surface area contributed by atoms with Crippen LogP contribution in [-0.4, -0.2) is 62.3 Å². The minimum atomic E-state index is 0.110. The molecule has 0 bridgehead atoms. The van der Waals surface area contributed by atoms with E-state index in [1.807, 2.05) is 4.90 Å². The van der Waals surface area contributed by atoms with E-state index < -0.39 is 0 Å². The van der Waals surface area contributed by atoms with Gasteiger partial charge in [-0.3, -0.25) is 9.89 Å². The molecular weight excluding hydrogens is 346 g/mol. The Balaban J connectivity index is 1.27. The average molecular weight is 367 g/mol. The molecule has 1 fully saturated rings. The summed E-state index contributed by atoms with van der Waals surface area (Å²) in [6.45, 7) is 5.21. The fourth-order valence-corrected chi connectivity index (χ4v) is 3.18. The largest absolute Gasteiger partial charge is 0.368 e. The van der Waals surface area contributed by atoms with E-state index in [2.05, 4.69) is 61.4 Å². The average Bonchev–Trinajstić information content (AvgIpc) is 3.38. The maximum atomic E-state index is 12.5. The van der Waals surface area contributed by atoms with Gasteiger partial charge in [0.25, 0.3) is 0 Å². The van der Waals surface area contributed by atoms with E-state index in [9.17, 15) is 4.79 Å². The number of benzene rings is 1. The fourth-order valence-electron chi connectivity index (χ4n) is 3.18. The van der Waals surface area contributed by atoms with Crippen molar-refractivity contribution >= 4 is 11.6 Å². The first-order chi connectivity index (χ1) is 13.2. The molecule has 1 aliphatic heterocycles. The number of piperazine rings is 1. The summed E-state index contributed by atoms with van der Waals surface area (Å²) in [6.07, 6.45) is 2.14. The summed E-state index contributed by atoms with van der Waals surface area (Å²) >= 11 is 0. The molecular formula is C18H21N7O2. The molecule has 0 spiro atoms. The molecule has 3 heterocycles. The number of nitrogens with zero attached hydrogens (tertiary/aromatic N) is 6. The number of amides is 1. The fraction of sp³-hybridized carbons (Fsp3) is 0.389. The molecule has 0 atom stereocenters. The van der Waals surface area contributed by atoms with Gasteiger partial charge in [-0.15, -0.1) is 0 Å². The highest BCUT2D eigenvalue weighted by atomic mass is 16.5. The van der Waals surface area contributed by atoms with Crippen LogP contribution in [0.25, 0.3) is 11.6 Å². The number of aryl methyl sites for hydroxylation is 2. The summed E-state index contributed by atoms with van der Waals surface area (Å²) < 4.78 is 5.18. The Labute approximate surface area is 156 Å². The van der Waals surface area contributed by atoms with Crippen LogP contribution in [0, 0.1) is 6.92 Å². The summed E-state index contributed by atoms with van der Waals surface area (Å²) in [5.41, 5.74) is 2.46. The highest BCUT2D eigenvalue weighted by molar-refractivity contribution is 5.76. The van der Waals surface area contributed by atoms with Gasteiger partial charge in [0, 0.05) is 44.7 Å². The lowest BCUT2D eigenvalue weighted by Crippen LogP contribution is -2.48. The minimum absolute atomic E-state index is 0.110. The van der Waals surface area contributed by atoms with Crippen LogP contribution < -0.4 is 4.90 Å². The number of hydrogen-bond acceptors (Lipinski definition) is 7.